The third kappa shape index (κ3) is 2.85. The number of hydrogen-bond acceptors (Lipinski definition) is 4. The average Bonchev–Trinajstić information content (AvgIpc) is 2.29. The van der Waals surface area contributed by atoms with Gasteiger partial charge in [-0.2, -0.15) is 0 Å². The Bertz CT molecular complexity index is 545. The summed E-state index contributed by atoms with van der Waals surface area (Å²) in [7, 11) is -2.88. The van der Waals surface area contributed by atoms with Crippen LogP contribution in [0.3, 0.4) is 0 Å². The van der Waals surface area contributed by atoms with Crippen LogP contribution in [0.25, 0.3) is 0 Å². The minimum atomic E-state index is -2.88. The van der Waals surface area contributed by atoms with E-state index < -0.39 is 9.84 Å². The Morgan fingerprint density at radius 3 is 2.83 bits per heavy atom. The third-order valence-corrected chi connectivity index (χ3v) is 5.65. The van der Waals surface area contributed by atoms with Gasteiger partial charge in [-0.3, -0.25) is 0 Å². The summed E-state index contributed by atoms with van der Waals surface area (Å²) >= 11 is 3.41. The number of rotatable bonds is 2. The molecule has 1 aromatic rings. The summed E-state index contributed by atoms with van der Waals surface area (Å²) in [5.74, 6) is 1.34. The second-order valence-electron chi connectivity index (χ2n) is 4.77. The predicted molar refractivity (Wildman–Crippen MR) is 77.1 cm³/mol. The molecule has 18 heavy (non-hydrogen) atoms. The third-order valence-electron chi connectivity index (χ3n) is 3.20. The number of hydrogen-bond donors (Lipinski definition) is 0. The van der Waals surface area contributed by atoms with E-state index in [0.717, 1.165) is 22.3 Å². The Morgan fingerprint density at radius 2 is 2.28 bits per heavy atom. The highest BCUT2D eigenvalue weighted by molar-refractivity contribution is 9.08. The van der Waals surface area contributed by atoms with E-state index in [4.69, 9.17) is 0 Å². The molecule has 0 radical (unpaired) electrons. The first-order chi connectivity index (χ1) is 8.43. The highest BCUT2D eigenvalue weighted by Crippen LogP contribution is 2.24. The molecule has 0 aromatic carbocycles. The molecule has 1 aliphatic heterocycles. The Morgan fingerprint density at radius 1 is 1.56 bits per heavy atom. The van der Waals surface area contributed by atoms with Gasteiger partial charge < -0.3 is 4.90 Å². The van der Waals surface area contributed by atoms with E-state index in [9.17, 15) is 8.42 Å². The molecule has 2 heterocycles. The topological polar surface area (TPSA) is 50.3 Å². The monoisotopic (exact) mass is 332 g/mol. The number of aromatic nitrogens is 1. The lowest BCUT2D eigenvalue weighted by Gasteiger charge is -2.35. The zero-order valence-corrected chi connectivity index (χ0v) is 13.0. The minimum absolute atomic E-state index is 0.00947. The minimum Gasteiger partial charge on any atom is -0.352 e. The molecular formula is C12H17BrN2O2S. The van der Waals surface area contributed by atoms with Crippen molar-refractivity contribution in [3.05, 3.63) is 23.4 Å². The lowest BCUT2D eigenvalue weighted by Crippen LogP contribution is -2.47. The fourth-order valence-corrected chi connectivity index (χ4v) is 4.18. The lowest BCUT2D eigenvalue weighted by atomic mass is 10.2. The molecule has 0 amide bonds. The molecule has 1 unspecified atom stereocenters. The van der Waals surface area contributed by atoms with E-state index in [-0.39, 0.29) is 17.5 Å². The molecule has 1 atom stereocenters. The van der Waals surface area contributed by atoms with Crippen LogP contribution in [0.15, 0.2) is 12.3 Å². The zero-order valence-electron chi connectivity index (χ0n) is 10.6. The van der Waals surface area contributed by atoms with Gasteiger partial charge in [-0.1, -0.05) is 22.0 Å². The van der Waals surface area contributed by atoms with Gasteiger partial charge in [0.1, 0.15) is 5.82 Å². The number of aryl methyl sites for hydroxylation is 1. The van der Waals surface area contributed by atoms with Crippen molar-refractivity contribution in [3.63, 3.8) is 0 Å². The van der Waals surface area contributed by atoms with E-state index in [1.165, 1.54) is 0 Å². The molecule has 0 aliphatic carbocycles. The number of anilines is 1. The predicted octanol–water partition coefficient (Wildman–Crippen LogP) is 1.91. The molecular weight excluding hydrogens is 316 g/mol. The molecule has 100 valence electrons. The Labute approximate surface area is 116 Å². The first kappa shape index (κ1) is 13.8. The number of pyridine rings is 1. The van der Waals surface area contributed by atoms with E-state index in [1.807, 2.05) is 20.0 Å². The van der Waals surface area contributed by atoms with Crippen LogP contribution in [0, 0.1) is 6.92 Å². The van der Waals surface area contributed by atoms with Crippen LogP contribution in [-0.4, -0.2) is 37.5 Å². The highest BCUT2D eigenvalue weighted by atomic mass is 79.9. The van der Waals surface area contributed by atoms with Crippen molar-refractivity contribution in [2.45, 2.75) is 25.2 Å². The number of sulfone groups is 1. The van der Waals surface area contributed by atoms with Crippen LogP contribution in [-0.2, 0) is 15.2 Å². The van der Waals surface area contributed by atoms with Gasteiger partial charge in [-0.25, -0.2) is 13.4 Å². The summed E-state index contributed by atoms with van der Waals surface area (Å²) in [5, 5.41) is 0.783. The van der Waals surface area contributed by atoms with Crippen molar-refractivity contribution in [2.24, 2.45) is 0 Å². The molecule has 6 heteroatoms. The largest absolute Gasteiger partial charge is 0.352 e. The standard InChI is InChI=1S/C12H17BrN2O2S/c1-9-5-11(6-13)7-14-12(9)15-3-4-18(16,17)8-10(15)2/h5,7,10H,3-4,6,8H2,1-2H3. The van der Waals surface area contributed by atoms with Crippen molar-refractivity contribution >= 4 is 31.6 Å². The van der Waals surface area contributed by atoms with Crippen LogP contribution >= 0.6 is 15.9 Å². The normalized spacial score (nSPS) is 23.1. The fourth-order valence-electron chi connectivity index (χ4n) is 2.31. The fraction of sp³-hybridized carbons (Fsp3) is 0.583. The molecule has 1 fully saturated rings. The maximum atomic E-state index is 11.6. The Kier molecular flexibility index (Phi) is 3.96. The molecule has 0 bridgehead atoms. The van der Waals surface area contributed by atoms with E-state index in [1.54, 1.807) is 0 Å². The van der Waals surface area contributed by atoms with E-state index in [2.05, 4.69) is 31.9 Å². The van der Waals surface area contributed by atoms with Crippen LogP contribution in [0.5, 0.6) is 0 Å². The second kappa shape index (κ2) is 5.17. The molecule has 0 spiro atoms. The zero-order chi connectivity index (χ0) is 13.3. The van der Waals surface area contributed by atoms with Crippen molar-refractivity contribution in [2.75, 3.05) is 23.0 Å². The summed E-state index contributed by atoms with van der Waals surface area (Å²) < 4.78 is 23.1. The van der Waals surface area contributed by atoms with Crippen LogP contribution < -0.4 is 4.90 Å². The summed E-state index contributed by atoms with van der Waals surface area (Å²) in [6.07, 6.45) is 1.84. The molecule has 4 nitrogen and oxygen atoms in total. The average molecular weight is 333 g/mol. The first-order valence-corrected chi connectivity index (χ1v) is 8.86. The number of nitrogens with zero attached hydrogens (tertiary/aromatic N) is 2. The second-order valence-corrected chi connectivity index (χ2v) is 7.56. The van der Waals surface area contributed by atoms with Gasteiger partial charge in [0.15, 0.2) is 9.84 Å². The van der Waals surface area contributed by atoms with Gasteiger partial charge in [0.2, 0.25) is 0 Å². The van der Waals surface area contributed by atoms with Gasteiger partial charge >= 0.3 is 0 Å². The molecule has 1 aromatic heterocycles. The number of alkyl halides is 1. The van der Waals surface area contributed by atoms with Gasteiger partial charge in [0, 0.05) is 24.1 Å². The van der Waals surface area contributed by atoms with E-state index >= 15 is 0 Å². The summed E-state index contributed by atoms with van der Waals surface area (Å²) in [5.41, 5.74) is 2.23. The van der Waals surface area contributed by atoms with Gasteiger partial charge in [0.25, 0.3) is 0 Å². The Hall–Kier alpha value is -0.620. The maximum Gasteiger partial charge on any atom is 0.154 e. The SMILES string of the molecule is Cc1cc(CBr)cnc1N1CCS(=O)(=O)CC1C. The molecule has 0 saturated carbocycles. The summed E-state index contributed by atoms with van der Waals surface area (Å²) in [4.78, 5) is 6.56. The van der Waals surface area contributed by atoms with Gasteiger partial charge in [-0.15, -0.1) is 0 Å². The molecule has 1 saturated heterocycles. The maximum absolute atomic E-state index is 11.6. The van der Waals surface area contributed by atoms with Gasteiger partial charge in [0.05, 0.1) is 11.5 Å². The first-order valence-electron chi connectivity index (χ1n) is 5.91. The Balaban J connectivity index is 2.27. The number of halogens is 1. The van der Waals surface area contributed by atoms with Crippen LogP contribution in [0.1, 0.15) is 18.1 Å². The summed E-state index contributed by atoms with van der Waals surface area (Å²) in [6.45, 7) is 4.49. The molecule has 1 aliphatic rings. The van der Waals surface area contributed by atoms with Crippen molar-refractivity contribution < 1.29 is 8.42 Å². The van der Waals surface area contributed by atoms with E-state index in [0.29, 0.717) is 6.54 Å². The van der Waals surface area contributed by atoms with Crippen molar-refractivity contribution in [1.82, 2.24) is 4.98 Å². The smallest absolute Gasteiger partial charge is 0.154 e. The van der Waals surface area contributed by atoms with Crippen molar-refractivity contribution in [3.8, 4) is 0 Å². The lowest BCUT2D eigenvalue weighted by molar-refractivity contribution is 0.566. The molecule has 0 N–H and O–H groups in total. The van der Waals surface area contributed by atoms with Gasteiger partial charge in [-0.05, 0) is 25.0 Å². The highest BCUT2D eigenvalue weighted by Gasteiger charge is 2.29. The van der Waals surface area contributed by atoms with Crippen LogP contribution in [0.4, 0.5) is 5.82 Å². The molecule has 2 rings (SSSR count). The summed E-state index contributed by atoms with van der Waals surface area (Å²) in [6, 6.07) is 2.08. The quantitative estimate of drug-likeness (QED) is 0.776. The van der Waals surface area contributed by atoms with Crippen molar-refractivity contribution in [1.29, 1.82) is 0 Å². The van der Waals surface area contributed by atoms with Crippen LogP contribution in [0.2, 0.25) is 0 Å².